The zero-order valence-corrected chi connectivity index (χ0v) is 17.9. The van der Waals surface area contributed by atoms with Crippen LogP contribution in [0.1, 0.15) is 98.8 Å². The smallest absolute Gasteiger partial charge is 0.0141 e. The Hall–Kier alpha value is -0.780. The molecule has 25 heavy (non-hydrogen) atoms. The molecule has 0 aromatic carbocycles. The van der Waals surface area contributed by atoms with E-state index in [2.05, 4.69) is 59.9 Å². The third kappa shape index (κ3) is 7.97. The van der Waals surface area contributed by atoms with Gasteiger partial charge in [0.2, 0.25) is 0 Å². The third-order valence-corrected chi connectivity index (χ3v) is 6.71. The predicted octanol–water partition coefficient (Wildman–Crippen LogP) is 8.50. The highest BCUT2D eigenvalue weighted by Gasteiger charge is 2.30. The summed E-state index contributed by atoms with van der Waals surface area (Å²) in [6.45, 7) is 20.2. The third-order valence-electron chi connectivity index (χ3n) is 6.71. The maximum atomic E-state index is 4.31. The van der Waals surface area contributed by atoms with Crippen LogP contribution in [0.5, 0.6) is 0 Å². The number of allylic oxidation sites excluding steroid dienone is 4. The summed E-state index contributed by atoms with van der Waals surface area (Å²) in [7, 11) is 0. The minimum atomic E-state index is 0.240. The molecular weight excluding hydrogens is 300 g/mol. The maximum absolute atomic E-state index is 4.31. The lowest BCUT2D eigenvalue weighted by Gasteiger charge is -2.37. The lowest BCUT2D eigenvalue weighted by Crippen LogP contribution is -2.26. The van der Waals surface area contributed by atoms with Crippen molar-refractivity contribution in [2.45, 2.75) is 98.8 Å². The average Bonchev–Trinajstić information content (AvgIpc) is 2.61. The first kappa shape index (κ1) is 22.3. The standard InChI is InChI=1S/C25H44/c1-8-21(5)14-13-17-24(20(3)4)19-25(7,9-2)18-22(6)23-15-11-10-12-16-23/h9,14,22-24H,2-3,8,10-13,15-19H2,1,4-7H3. The normalized spacial score (nSPS) is 21.4. The summed E-state index contributed by atoms with van der Waals surface area (Å²) in [6, 6.07) is 0. The van der Waals surface area contributed by atoms with Crippen LogP contribution in [0, 0.1) is 23.2 Å². The molecule has 0 heterocycles. The van der Waals surface area contributed by atoms with Gasteiger partial charge in [-0.1, -0.05) is 82.8 Å². The van der Waals surface area contributed by atoms with Gasteiger partial charge in [-0.2, -0.15) is 0 Å². The summed E-state index contributed by atoms with van der Waals surface area (Å²) in [4.78, 5) is 0. The summed E-state index contributed by atoms with van der Waals surface area (Å²) in [5.41, 5.74) is 3.10. The van der Waals surface area contributed by atoms with E-state index in [-0.39, 0.29) is 5.41 Å². The Morgan fingerprint density at radius 2 is 1.80 bits per heavy atom. The first-order valence-electron chi connectivity index (χ1n) is 10.8. The summed E-state index contributed by atoms with van der Waals surface area (Å²) < 4.78 is 0. The molecular formula is C25H44. The highest BCUT2D eigenvalue weighted by Crippen LogP contribution is 2.42. The van der Waals surface area contributed by atoms with Crippen molar-refractivity contribution in [2.24, 2.45) is 23.2 Å². The Bertz CT molecular complexity index is 435. The van der Waals surface area contributed by atoms with E-state index < -0.39 is 0 Å². The topological polar surface area (TPSA) is 0 Å². The molecule has 0 aromatic heterocycles. The van der Waals surface area contributed by atoms with E-state index in [1.807, 2.05) is 0 Å². The molecule has 1 aliphatic rings. The second-order valence-corrected chi connectivity index (χ2v) is 9.17. The molecule has 144 valence electrons. The monoisotopic (exact) mass is 344 g/mol. The van der Waals surface area contributed by atoms with Crippen LogP contribution in [0.2, 0.25) is 0 Å². The molecule has 0 aromatic rings. The Labute approximate surface area is 158 Å². The molecule has 0 aliphatic heterocycles. The summed E-state index contributed by atoms with van der Waals surface area (Å²) in [6.07, 6.45) is 18.0. The molecule has 3 atom stereocenters. The van der Waals surface area contributed by atoms with Gasteiger partial charge in [0, 0.05) is 0 Å². The summed E-state index contributed by atoms with van der Waals surface area (Å²) >= 11 is 0. The molecule has 0 heteroatoms. The number of rotatable bonds is 11. The van der Waals surface area contributed by atoms with Crippen molar-refractivity contribution in [2.75, 3.05) is 0 Å². The first-order chi connectivity index (χ1) is 11.8. The maximum Gasteiger partial charge on any atom is -0.0141 e. The molecule has 3 unspecified atom stereocenters. The van der Waals surface area contributed by atoms with Gasteiger partial charge in [0.1, 0.15) is 0 Å². The Morgan fingerprint density at radius 1 is 1.16 bits per heavy atom. The van der Waals surface area contributed by atoms with Crippen LogP contribution >= 0.6 is 0 Å². The van der Waals surface area contributed by atoms with Crippen LogP contribution in [-0.2, 0) is 0 Å². The molecule has 0 saturated heterocycles. The van der Waals surface area contributed by atoms with E-state index >= 15 is 0 Å². The Kier molecular flexibility index (Phi) is 9.83. The van der Waals surface area contributed by atoms with Crippen molar-refractivity contribution in [3.63, 3.8) is 0 Å². The molecule has 1 fully saturated rings. The van der Waals surface area contributed by atoms with E-state index in [0.29, 0.717) is 5.92 Å². The van der Waals surface area contributed by atoms with Crippen LogP contribution in [0.15, 0.2) is 36.5 Å². The molecule has 0 N–H and O–H groups in total. The van der Waals surface area contributed by atoms with Gasteiger partial charge >= 0.3 is 0 Å². The fraction of sp³-hybridized carbons (Fsp3) is 0.760. The van der Waals surface area contributed by atoms with E-state index in [9.17, 15) is 0 Å². The Morgan fingerprint density at radius 3 is 2.32 bits per heavy atom. The SMILES string of the molecule is C=CC(C)(CC(CCC=C(C)CC)C(=C)C)CC(C)C1CCCCC1. The second-order valence-electron chi connectivity index (χ2n) is 9.17. The molecule has 0 nitrogen and oxygen atoms in total. The van der Waals surface area contributed by atoms with Gasteiger partial charge in [0.05, 0.1) is 0 Å². The second kappa shape index (κ2) is 11.0. The van der Waals surface area contributed by atoms with Gasteiger partial charge in [0.25, 0.3) is 0 Å². The lowest BCUT2D eigenvalue weighted by atomic mass is 9.68. The summed E-state index contributed by atoms with van der Waals surface area (Å²) in [5, 5.41) is 0. The molecule has 0 amide bonds. The van der Waals surface area contributed by atoms with Crippen LogP contribution in [0.4, 0.5) is 0 Å². The lowest BCUT2D eigenvalue weighted by molar-refractivity contribution is 0.182. The van der Waals surface area contributed by atoms with Crippen molar-refractivity contribution >= 4 is 0 Å². The van der Waals surface area contributed by atoms with Gasteiger partial charge in [0.15, 0.2) is 0 Å². The zero-order valence-electron chi connectivity index (χ0n) is 17.9. The fourth-order valence-corrected chi connectivity index (χ4v) is 4.62. The molecule has 1 rings (SSSR count). The van der Waals surface area contributed by atoms with Crippen LogP contribution in [0.25, 0.3) is 0 Å². The zero-order chi connectivity index (χ0) is 18.9. The minimum absolute atomic E-state index is 0.240. The van der Waals surface area contributed by atoms with Crippen molar-refractivity contribution in [3.05, 3.63) is 36.5 Å². The van der Waals surface area contributed by atoms with Crippen molar-refractivity contribution < 1.29 is 0 Å². The largest absolute Gasteiger partial charge is 0.103 e. The minimum Gasteiger partial charge on any atom is -0.103 e. The summed E-state index contributed by atoms with van der Waals surface area (Å²) in [5.74, 6) is 2.37. The van der Waals surface area contributed by atoms with Crippen LogP contribution < -0.4 is 0 Å². The van der Waals surface area contributed by atoms with E-state index in [0.717, 1.165) is 11.8 Å². The molecule has 0 radical (unpaired) electrons. The average molecular weight is 345 g/mol. The van der Waals surface area contributed by atoms with Gasteiger partial charge in [-0.25, -0.2) is 0 Å². The molecule has 0 bridgehead atoms. The van der Waals surface area contributed by atoms with Crippen molar-refractivity contribution in [1.29, 1.82) is 0 Å². The van der Waals surface area contributed by atoms with Gasteiger partial charge in [-0.3, -0.25) is 0 Å². The van der Waals surface area contributed by atoms with Crippen molar-refractivity contribution in [3.8, 4) is 0 Å². The Balaban J connectivity index is 2.66. The van der Waals surface area contributed by atoms with E-state index in [1.165, 1.54) is 75.4 Å². The number of hydrogen-bond acceptors (Lipinski definition) is 0. The molecule has 1 aliphatic carbocycles. The van der Waals surface area contributed by atoms with Gasteiger partial charge < -0.3 is 0 Å². The van der Waals surface area contributed by atoms with Gasteiger partial charge in [-0.05, 0) is 69.1 Å². The van der Waals surface area contributed by atoms with Crippen molar-refractivity contribution in [1.82, 2.24) is 0 Å². The predicted molar refractivity (Wildman–Crippen MR) is 115 cm³/mol. The molecule has 0 spiro atoms. The van der Waals surface area contributed by atoms with Crippen LogP contribution in [0.3, 0.4) is 0 Å². The number of hydrogen-bond donors (Lipinski definition) is 0. The van der Waals surface area contributed by atoms with E-state index in [1.54, 1.807) is 0 Å². The van der Waals surface area contributed by atoms with Crippen LogP contribution in [-0.4, -0.2) is 0 Å². The van der Waals surface area contributed by atoms with E-state index in [4.69, 9.17) is 0 Å². The highest BCUT2D eigenvalue weighted by atomic mass is 14.4. The van der Waals surface area contributed by atoms with Gasteiger partial charge in [-0.15, -0.1) is 6.58 Å². The highest BCUT2D eigenvalue weighted by molar-refractivity contribution is 5.05. The molecule has 1 saturated carbocycles. The first-order valence-corrected chi connectivity index (χ1v) is 10.8. The quantitative estimate of drug-likeness (QED) is 0.329. The fourth-order valence-electron chi connectivity index (χ4n) is 4.62.